The molecule has 2 heterocycles. The van der Waals surface area contributed by atoms with Crippen LogP contribution in [0.5, 0.6) is 0 Å². The number of nitrogens with zero attached hydrogens (tertiary/aromatic N) is 3. The second-order valence-corrected chi connectivity index (χ2v) is 4.95. The highest BCUT2D eigenvalue weighted by Gasteiger charge is 2.27. The summed E-state index contributed by atoms with van der Waals surface area (Å²) in [6.45, 7) is 5.61. The highest BCUT2D eigenvalue weighted by Crippen LogP contribution is 2.25. The van der Waals surface area contributed by atoms with Crippen molar-refractivity contribution < 1.29 is 5.11 Å². The topological polar surface area (TPSA) is 49.2 Å². The summed E-state index contributed by atoms with van der Waals surface area (Å²) in [6, 6.07) is 1.79. The molecule has 94 valence electrons. The molecule has 0 amide bonds. The lowest BCUT2D eigenvalue weighted by molar-refractivity contribution is 0.0858. The van der Waals surface area contributed by atoms with Gasteiger partial charge in [-0.2, -0.15) is 0 Å². The molecule has 1 aliphatic rings. The molecular formula is C12H18ClN3O. The average molecular weight is 256 g/mol. The van der Waals surface area contributed by atoms with E-state index in [1.807, 2.05) is 6.92 Å². The molecule has 0 radical (unpaired) electrons. The third kappa shape index (κ3) is 2.87. The Morgan fingerprint density at radius 3 is 2.94 bits per heavy atom. The zero-order valence-electron chi connectivity index (χ0n) is 10.2. The van der Waals surface area contributed by atoms with Gasteiger partial charge in [0.2, 0.25) is 0 Å². The maximum Gasteiger partial charge on any atom is 0.134 e. The molecule has 4 nitrogen and oxygen atoms in total. The van der Waals surface area contributed by atoms with E-state index < -0.39 is 0 Å². The van der Waals surface area contributed by atoms with E-state index in [1.165, 1.54) is 0 Å². The molecule has 2 atom stereocenters. The second-order valence-electron chi connectivity index (χ2n) is 4.57. The molecule has 1 aliphatic heterocycles. The van der Waals surface area contributed by atoms with Crippen LogP contribution in [-0.2, 0) is 0 Å². The number of hydrogen-bond acceptors (Lipinski definition) is 4. The predicted molar refractivity (Wildman–Crippen MR) is 68.4 cm³/mol. The van der Waals surface area contributed by atoms with Crippen LogP contribution in [0.3, 0.4) is 0 Å². The minimum absolute atomic E-state index is 0.186. The lowest BCUT2D eigenvalue weighted by Crippen LogP contribution is -2.43. The van der Waals surface area contributed by atoms with Crippen molar-refractivity contribution in [1.29, 1.82) is 0 Å². The van der Waals surface area contributed by atoms with Gasteiger partial charge in [0.1, 0.15) is 16.8 Å². The van der Waals surface area contributed by atoms with Crippen LogP contribution in [-0.4, -0.2) is 34.3 Å². The third-order valence-electron chi connectivity index (χ3n) is 3.34. The summed E-state index contributed by atoms with van der Waals surface area (Å²) in [5.41, 5.74) is 0. The van der Waals surface area contributed by atoms with E-state index in [-0.39, 0.29) is 6.10 Å². The van der Waals surface area contributed by atoms with Crippen LogP contribution in [0, 0.1) is 12.8 Å². The number of hydrogen-bond donors (Lipinski definition) is 1. The molecule has 1 N–H and O–H groups in total. The van der Waals surface area contributed by atoms with Crippen LogP contribution in [0.1, 0.15) is 25.6 Å². The van der Waals surface area contributed by atoms with Gasteiger partial charge in [-0.15, -0.1) is 0 Å². The van der Waals surface area contributed by atoms with Crippen molar-refractivity contribution in [2.24, 2.45) is 5.92 Å². The molecule has 0 aromatic carbocycles. The Labute approximate surface area is 107 Å². The average Bonchev–Trinajstić information content (AvgIpc) is 2.28. The number of rotatable bonds is 2. The first kappa shape index (κ1) is 12.6. The maximum atomic E-state index is 9.86. The van der Waals surface area contributed by atoms with Crippen LogP contribution in [0.25, 0.3) is 0 Å². The number of aromatic nitrogens is 2. The van der Waals surface area contributed by atoms with Crippen molar-refractivity contribution >= 4 is 17.4 Å². The molecule has 1 aromatic heterocycles. The summed E-state index contributed by atoms with van der Waals surface area (Å²) >= 11 is 5.94. The zero-order chi connectivity index (χ0) is 12.4. The van der Waals surface area contributed by atoms with Gasteiger partial charge >= 0.3 is 0 Å². The van der Waals surface area contributed by atoms with Crippen LogP contribution < -0.4 is 4.90 Å². The van der Waals surface area contributed by atoms with Crippen molar-refractivity contribution in [2.75, 3.05) is 18.0 Å². The quantitative estimate of drug-likeness (QED) is 0.822. The van der Waals surface area contributed by atoms with Gasteiger partial charge in [0.25, 0.3) is 0 Å². The molecule has 1 aromatic rings. The Hall–Kier alpha value is -0.870. The van der Waals surface area contributed by atoms with Gasteiger partial charge < -0.3 is 10.0 Å². The maximum absolute atomic E-state index is 9.86. The standard InChI is InChI=1S/C12H18ClN3O/c1-3-9-7-16(5-4-10(9)17)12-6-11(13)14-8(2)15-12/h6,9-10,17H,3-5,7H2,1-2H3. The fourth-order valence-electron chi connectivity index (χ4n) is 2.31. The minimum atomic E-state index is -0.186. The minimum Gasteiger partial charge on any atom is -0.393 e. The summed E-state index contributed by atoms with van der Waals surface area (Å²) in [6.07, 6.45) is 1.59. The third-order valence-corrected chi connectivity index (χ3v) is 3.53. The normalized spacial score (nSPS) is 25.1. The van der Waals surface area contributed by atoms with Crippen LogP contribution in [0.2, 0.25) is 5.15 Å². The van der Waals surface area contributed by atoms with Gasteiger partial charge in [-0.1, -0.05) is 18.5 Å². The predicted octanol–water partition coefficient (Wildman–Crippen LogP) is 2.04. The number of aryl methyl sites for hydroxylation is 1. The first-order valence-corrected chi connectivity index (χ1v) is 6.42. The molecule has 0 spiro atoms. The highest BCUT2D eigenvalue weighted by atomic mass is 35.5. The van der Waals surface area contributed by atoms with Gasteiger partial charge in [-0.05, 0) is 19.8 Å². The van der Waals surface area contributed by atoms with E-state index in [0.717, 1.165) is 31.7 Å². The number of aliphatic hydroxyl groups excluding tert-OH is 1. The van der Waals surface area contributed by atoms with E-state index in [9.17, 15) is 5.11 Å². The molecule has 17 heavy (non-hydrogen) atoms. The van der Waals surface area contributed by atoms with Crippen LogP contribution in [0.15, 0.2) is 6.07 Å². The molecule has 0 saturated carbocycles. The molecule has 2 unspecified atom stereocenters. The van der Waals surface area contributed by atoms with Gasteiger partial charge in [0, 0.05) is 25.1 Å². The number of piperidine rings is 1. The van der Waals surface area contributed by atoms with E-state index >= 15 is 0 Å². The van der Waals surface area contributed by atoms with Crippen LogP contribution in [0.4, 0.5) is 5.82 Å². The van der Waals surface area contributed by atoms with E-state index in [0.29, 0.717) is 16.9 Å². The molecule has 2 rings (SSSR count). The summed E-state index contributed by atoms with van der Waals surface area (Å²) in [4.78, 5) is 10.6. The van der Waals surface area contributed by atoms with E-state index in [1.54, 1.807) is 6.07 Å². The Kier molecular flexibility index (Phi) is 3.84. The van der Waals surface area contributed by atoms with Crippen molar-refractivity contribution in [3.63, 3.8) is 0 Å². The summed E-state index contributed by atoms with van der Waals surface area (Å²) in [7, 11) is 0. The molecule has 1 fully saturated rings. The molecule has 1 saturated heterocycles. The summed E-state index contributed by atoms with van der Waals surface area (Å²) in [5, 5.41) is 10.3. The second kappa shape index (κ2) is 5.19. The van der Waals surface area contributed by atoms with Crippen molar-refractivity contribution in [3.05, 3.63) is 17.0 Å². The SMILES string of the molecule is CCC1CN(c2cc(Cl)nc(C)n2)CCC1O. The Balaban J connectivity index is 2.17. The Morgan fingerprint density at radius 1 is 1.53 bits per heavy atom. The van der Waals surface area contributed by atoms with Crippen LogP contribution >= 0.6 is 11.6 Å². The fraction of sp³-hybridized carbons (Fsp3) is 0.667. The summed E-state index contributed by atoms with van der Waals surface area (Å²) < 4.78 is 0. The molecule has 0 aliphatic carbocycles. The monoisotopic (exact) mass is 255 g/mol. The van der Waals surface area contributed by atoms with Gasteiger partial charge in [-0.3, -0.25) is 0 Å². The Bertz CT molecular complexity index is 379. The molecule has 5 heteroatoms. The number of aliphatic hydroxyl groups is 1. The first-order valence-electron chi connectivity index (χ1n) is 6.04. The van der Waals surface area contributed by atoms with Gasteiger partial charge in [0.05, 0.1) is 6.10 Å². The lowest BCUT2D eigenvalue weighted by Gasteiger charge is -2.36. The molecule has 0 bridgehead atoms. The fourth-order valence-corrected chi connectivity index (χ4v) is 2.53. The Morgan fingerprint density at radius 2 is 2.29 bits per heavy atom. The number of anilines is 1. The van der Waals surface area contributed by atoms with Crippen molar-refractivity contribution in [2.45, 2.75) is 32.8 Å². The van der Waals surface area contributed by atoms with Crippen molar-refractivity contribution in [1.82, 2.24) is 9.97 Å². The largest absolute Gasteiger partial charge is 0.393 e. The lowest BCUT2D eigenvalue weighted by atomic mass is 9.92. The van der Waals surface area contributed by atoms with Gasteiger partial charge in [-0.25, -0.2) is 9.97 Å². The smallest absolute Gasteiger partial charge is 0.134 e. The zero-order valence-corrected chi connectivity index (χ0v) is 11.0. The molecular weight excluding hydrogens is 238 g/mol. The first-order chi connectivity index (χ1) is 8.10. The highest BCUT2D eigenvalue weighted by molar-refractivity contribution is 6.29. The van der Waals surface area contributed by atoms with E-state index in [2.05, 4.69) is 21.8 Å². The van der Waals surface area contributed by atoms with E-state index in [4.69, 9.17) is 11.6 Å². The van der Waals surface area contributed by atoms with Crippen molar-refractivity contribution in [3.8, 4) is 0 Å². The van der Waals surface area contributed by atoms with Gasteiger partial charge in [0.15, 0.2) is 0 Å². The summed E-state index contributed by atoms with van der Waals surface area (Å²) in [5.74, 6) is 1.87. The number of halogens is 1.